The quantitative estimate of drug-likeness (QED) is 0.802. The molecule has 0 unspecified atom stereocenters. The lowest BCUT2D eigenvalue weighted by Gasteiger charge is -2.27. The van der Waals surface area contributed by atoms with E-state index < -0.39 is 0 Å². The first kappa shape index (κ1) is 16.2. The van der Waals surface area contributed by atoms with Gasteiger partial charge in [0.05, 0.1) is 12.2 Å². The van der Waals surface area contributed by atoms with Crippen molar-refractivity contribution in [3.63, 3.8) is 0 Å². The molecule has 0 aromatic carbocycles. The average Bonchev–Trinajstić information content (AvgIpc) is 3.09. The molecule has 24 heavy (non-hydrogen) atoms. The zero-order chi connectivity index (χ0) is 17.3. The number of hydrogen-bond donors (Lipinski definition) is 1. The standard InChI is InChI=1S/C18H23N5O/c1-18(2,3)10-15(13-6-5-7-19-11-13)21-16(24)14-12-20-23-9-8-22(4)17(14)23/h5-9,11-12,15H,10H2,1-4H3,(H,21,24)/t15-/m1/s1. The van der Waals surface area contributed by atoms with Crippen LogP contribution in [0.15, 0.2) is 43.1 Å². The molecular weight excluding hydrogens is 302 g/mol. The van der Waals surface area contributed by atoms with Crippen molar-refractivity contribution < 1.29 is 4.79 Å². The molecule has 1 amide bonds. The third-order valence-corrected chi connectivity index (χ3v) is 3.99. The lowest BCUT2D eigenvalue weighted by molar-refractivity contribution is 0.0927. The maximum absolute atomic E-state index is 12.8. The van der Waals surface area contributed by atoms with Crippen molar-refractivity contribution in [1.82, 2.24) is 24.5 Å². The van der Waals surface area contributed by atoms with Crippen molar-refractivity contribution >= 4 is 11.6 Å². The molecule has 0 fully saturated rings. The Morgan fingerprint density at radius 3 is 2.75 bits per heavy atom. The van der Waals surface area contributed by atoms with Gasteiger partial charge in [-0.3, -0.25) is 9.78 Å². The van der Waals surface area contributed by atoms with Gasteiger partial charge in [0, 0.05) is 31.8 Å². The zero-order valence-electron chi connectivity index (χ0n) is 14.5. The molecule has 0 aliphatic heterocycles. The Morgan fingerprint density at radius 1 is 1.29 bits per heavy atom. The minimum absolute atomic E-state index is 0.0765. The molecular formula is C18H23N5O. The lowest BCUT2D eigenvalue weighted by Crippen LogP contribution is -2.31. The van der Waals surface area contributed by atoms with Crippen LogP contribution in [-0.2, 0) is 7.05 Å². The number of nitrogens with one attached hydrogen (secondary N) is 1. The summed E-state index contributed by atoms with van der Waals surface area (Å²) in [5, 5.41) is 7.39. The van der Waals surface area contributed by atoms with Gasteiger partial charge in [0.2, 0.25) is 0 Å². The van der Waals surface area contributed by atoms with E-state index in [1.165, 1.54) is 0 Å². The molecule has 0 saturated carbocycles. The van der Waals surface area contributed by atoms with Crippen LogP contribution in [0.3, 0.4) is 0 Å². The molecule has 0 saturated heterocycles. The predicted octanol–water partition coefficient (Wildman–Crippen LogP) is 2.98. The molecule has 126 valence electrons. The van der Waals surface area contributed by atoms with Crippen LogP contribution in [0, 0.1) is 5.41 Å². The molecule has 0 aliphatic rings. The van der Waals surface area contributed by atoms with Crippen LogP contribution >= 0.6 is 0 Å². The van der Waals surface area contributed by atoms with Crippen molar-refractivity contribution in [2.45, 2.75) is 33.2 Å². The number of amides is 1. The fourth-order valence-corrected chi connectivity index (χ4v) is 2.89. The molecule has 6 nitrogen and oxygen atoms in total. The van der Waals surface area contributed by atoms with Gasteiger partial charge in [0.15, 0.2) is 0 Å². The summed E-state index contributed by atoms with van der Waals surface area (Å²) in [5.41, 5.74) is 2.45. The third kappa shape index (κ3) is 3.32. The van der Waals surface area contributed by atoms with Crippen LogP contribution in [0.4, 0.5) is 0 Å². The molecule has 1 atom stereocenters. The fourth-order valence-electron chi connectivity index (χ4n) is 2.89. The van der Waals surface area contributed by atoms with Crippen LogP contribution < -0.4 is 5.32 Å². The molecule has 3 heterocycles. The van der Waals surface area contributed by atoms with Crippen molar-refractivity contribution in [3.05, 3.63) is 54.2 Å². The van der Waals surface area contributed by atoms with Crippen LogP contribution in [0.5, 0.6) is 0 Å². The van der Waals surface area contributed by atoms with Gasteiger partial charge in [-0.05, 0) is 23.5 Å². The van der Waals surface area contributed by atoms with Crippen molar-refractivity contribution in [2.75, 3.05) is 0 Å². The van der Waals surface area contributed by atoms with Crippen molar-refractivity contribution in [1.29, 1.82) is 0 Å². The smallest absolute Gasteiger partial charge is 0.257 e. The highest BCUT2D eigenvalue weighted by Gasteiger charge is 2.24. The highest BCUT2D eigenvalue weighted by molar-refractivity contribution is 6.00. The van der Waals surface area contributed by atoms with E-state index in [1.807, 2.05) is 42.3 Å². The van der Waals surface area contributed by atoms with Gasteiger partial charge < -0.3 is 9.88 Å². The predicted molar refractivity (Wildman–Crippen MR) is 92.7 cm³/mol. The van der Waals surface area contributed by atoms with E-state index in [-0.39, 0.29) is 17.4 Å². The molecule has 3 aromatic heterocycles. The van der Waals surface area contributed by atoms with Gasteiger partial charge in [-0.25, -0.2) is 4.52 Å². The summed E-state index contributed by atoms with van der Waals surface area (Å²) in [6.07, 6.45) is 9.70. The lowest BCUT2D eigenvalue weighted by atomic mass is 9.85. The second kappa shape index (κ2) is 6.11. The van der Waals surface area contributed by atoms with Gasteiger partial charge in [-0.2, -0.15) is 5.10 Å². The number of imidazole rings is 1. The number of fused-ring (bicyclic) bond motifs is 1. The summed E-state index contributed by atoms with van der Waals surface area (Å²) in [4.78, 5) is 17.0. The maximum atomic E-state index is 12.8. The number of carbonyl (C=O) groups is 1. The number of rotatable bonds is 4. The van der Waals surface area contributed by atoms with Crippen LogP contribution in [0.2, 0.25) is 0 Å². The summed E-state index contributed by atoms with van der Waals surface area (Å²) in [6, 6.07) is 3.80. The fraction of sp³-hybridized carbons (Fsp3) is 0.389. The summed E-state index contributed by atoms with van der Waals surface area (Å²) < 4.78 is 3.60. The Kier molecular flexibility index (Phi) is 4.13. The minimum Gasteiger partial charge on any atom is -0.345 e. The Morgan fingerprint density at radius 2 is 2.08 bits per heavy atom. The first-order chi connectivity index (χ1) is 11.3. The Bertz CT molecular complexity index is 841. The highest BCUT2D eigenvalue weighted by atomic mass is 16.1. The van der Waals surface area contributed by atoms with E-state index in [9.17, 15) is 4.79 Å². The van der Waals surface area contributed by atoms with Gasteiger partial charge >= 0.3 is 0 Å². The first-order valence-electron chi connectivity index (χ1n) is 8.04. The van der Waals surface area contributed by atoms with Gasteiger partial charge in [-0.15, -0.1) is 0 Å². The molecule has 3 rings (SSSR count). The monoisotopic (exact) mass is 325 g/mol. The van der Waals surface area contributed by atoms with Gasteiger partial charge in [-0.1, -0.05) is 26.8 Å². The molecule has 1 N–H and O–H groups in total. The zero-order valence-corrected chi connectivity index (χ0v) is 14.5. The van der Waals surface area contributed by atoms with Crippen LogP contribution in [0.1, 0.15) is 49.2 Å². The largest absolute Gasteiger partial charge is 0.345 e. The normalized spacial score (nSPS) is 13.2. The van der Waals surface area contributed by atoms with Gasteiger partial charge in [0.1, 0.15) is 11.2 Å². The van der Waals surface area contributed by atoms with Crippen LogP contribution in [0.25, 0.3) is 5.65 Å². The van der Waals surface area contributed by atoms with E-state index in [2.05, 4.69) is 36.2 Å². The molecule has 0 spiro atoms. The van der Waals surface area contributed by atoms with Crippen molar-refractivity contribution in [2.24, 2.45) is 12.5 Å². The van der Waals surface area contributed by atoms with Crippen molar-refractivity contribution in [3.8, 4) is 0 Å². The molecule has 6 heteroatoms. The number of aryl methyl sites for hydroxylation is 1. The topological polar surface area (TPSA) is 64.2 Å². The Hall–Kier alpha value is -2.63. The number of hydrogen-bond acceptors (Lipinski definition) is 3. The Labute approximate surface area is 141 Å². The summed E-state index contributed by atoms with van der Waals surface area (Å²) >= 11 is 0. The second-order valence-corrected chi connectivity index (χ2v) is 7.31. The Balaban J connectivity index is 1.89. The van der Waals surface area contributed by atoms with E-state index in [0.29, 0.717) is 5.56 Å². The molecule has 0 aliphatic carbocycles. The first-order valence-corrected chi connectivity index (χ1v) is 8.04. The molecule has 0 radical (unpaired) electrons. The molecule has 3 aromatic rings. The van der Waals surface area contributed by atoms with E-state index in [4.69, 9.17) is 0 Å². The minimum atomic E-state index is -0.120. The number of nitrogens with zero attached hydrogens (tertiary/aromatic N) is 4. The summed E-state index contributed by atoms with van der Waals surface area (Å²) in [5.74, 6) is -0.120. The van der Waals surface area contributed by atoms with E-state index in [1.54, 1.807) is 16.9 Å². The van der Waals surface area contributed by atoms with E-state index in [0.717, 1.165) is 17.6 Å². The number of pyridine rings is 1. The third-order valence-electron chi connectivity index (χ3n) is 3.99. The van der Waals surface area contributed by atoms with Crippen LogP contribution in [-0.4, -0.2) is 25.1 Å². The average molecular weight is 325 g/mol. The number of aromatic nitrogens is 4. The highest BCUT2D eigenvalue weighted by Crippen LogP contribution is 2.29. The second-order valence-electron chi connectivity index (χ2n) is 7.31. The number of carbonyl (C=O) groups excluding carboxylic acids is 1. The van der Waals surface area contributed by atoms with E-state index >= 15 is 0 Å². The summed E-state index contributed by atoms with van der Waals surface area (Å²) in [7, 11) is 1.90. The molecule has 0 bridgehead atoms. The van der Waals surface area contributed by atoms with Gasteiger partial charge in [0.25, 0.3) is 5.91 Å². The SMILES string of the molecule is Cn1ccn2ncc(C(=O)N[C@H](CC(C)(C)C)c3cccnc3)c12. The maximum Gasteiger partial charge on any atom is 0.257 e. The summed E-state index contributed by atoms with van der Waals surface area (Å²) in [6.45, 7) is 6.49.